The van der Waals surface area contributed by atoms with Crippen molar-refractivity contribution in [1.29, 1.82) is 0 Å². The van der Waals surface area contributed by atoms with Gasteiger partial charge < -0.3 is 17.2 Å². The molecule has 2 aromatic rings. The molecule has 7 nitrogen and oxygen atoms in total. The predicted molar refractivity (Wildman–Crippen MR) is 97.3 cm³/mol. The first-order chi connectivity index (χ1) is 12.4. The molecule has 4 rings (SSSR count). The van der Waals surface area contributed by atoms with E-state index in [9.17, 15) is 4.39 Å². The Morgan fingerprint density at radius 2 is 1.96 bits per heavy atom. The molecule has 8 heteroatoms. The van der Waals surface area contributed by atoms with Crippen LogP contribution >= 0.6 is 0 Å². The topological polar surface area (TPSA) is 122 Å². The molecule has 0 unspecified atom stereocenters. The number of aromatic nitrogens is 4. The van der Waals surface area contributed by atoms with Gasteiger partial charge in [-0.25, -0.2) is 14.4 Å². The van der Waals surface area contributed by atoms with Gasteiger partial charge in [-0.05, 0) is 50.9 Å². The molecule has 2 saturated carbocycles. The van der Waals surface area contributed by atoms with Gasteiger partial charge in [-0.2, -0.15) is 5.10 Å². The lowest BCUT2D eigenvalue weighted by Crippen LogP contribution is -2.45. The molecule has 2 aromatic heterocycles. The van der Waals surface area contributed by atoms with Crippen LogP contribution < -0.4 is 17.2 Å². The Hall–Kier alpha value is -2.06. The Kier molecular flexibility index (Phi) is 4.19. The van der Waals surface area contributed by atoms with Crippen LogP contribution in [0.5, 0.6) is 0 Å². The van der Waals surface area contributed by atoms with Gasteiger partial charge >= 0.3 is 0 Å². The SMILES string of the molecule is Cn1nc(N)c(-c2nc(C3(N)CCC(N)CC3)ncc2F)c1CC1CC1. The maximum Gasteiger partial charge on any atom is 0.167 e. The second kappa shape index (κ2) is 6.28. The molecule has 26 heavy (non-hydrogen) atoms. The van der Waals surface area contributed by atoms with E-state index in [1.165, 1.54) is 19.0 Å². The number of anilines is 1. The molecule has 0 radical (unpaired) electrons. The lowest BCUT2D eigenvalue weighted by molar-refractivity contribution is 0.264. The van der Waals surface area contributed by atoms with Crippen LogP contribution in [0.4, 0.5) is 10.2 Å². The highest BCUT2D eigenvalue weighted by molar-refractivity contribution is 5.74. The largest absolute Gasteiger partial charge is 0.382 e. The Morgan fingerprint density at radius 3 is 2.62 bits per heavy atom. The molecular formula is C18H26FN7. The second-order valence-electron chi connectivity index (χ2n) is 7.86. The van der Waals surface area contributed by atoms with Gasteiger partial charge in [0, 0.05) is 13.1 Å². The normalized spacial score (nSPS) is 26.2. The maximum absolute atomic E-state index is 14.7. The molecule has 2 aliphatic rings. The molecule has 0 aromatic carbocycles. The van der Waals surface area contributed by atoms with Gasteiger partial charge in [0.1, 0.15) is 11.5 Å². The number of aryl methyl sites for hydroxylation is 1. The summed E-state index contributed by atoms with van der Waals surface area (Å²) in [5.74, 6) is 0.875. The van der Waals surface area contributed by atoms with Crippen LogP contribution in [0.1, 0.15) is 50.0 Å². The molecular weight excluding hydrogens is 333 g/mol. The van der Waals surface area contributed by atoms with E-state index in [1.54, 1.807) is 4.68 Å². The third kappa shape index (κ3) is 3.07. The van der Waals surface area contributed by atoms with Crippen LogP contribution in [-0.4, -0.2) is 25.8 Å². The predicted octanol–water partition coefficient (Wildman–Crippen LogP) is 1.61. The molecule has 2 heterocycles. The third-order valence-electron chi connectivity index (χ3n) is 5.72. The van der Waals surface area contributed by atoms with Crippen LogP contribution in [-0.2, 0) is 19.0 Å². The van der Waals surface area contributed by atoms with Gasteiger partial charge in [-0.1, -0.05) is 0 Å². The number of rotatable bonds is 4. The summed E-state index contributed by atoms with van der Waals surface area (Å²) in [6.07, 6.45) is 7.42. The molecule has 0 bridgehead atoms. The highest BCUT2D eigenvalue weighted by atomic mass is 19.1. The lowest BCUT2D eigenvalue weighted by Gasteiger charge is -2.34. The van der Waals surface area contributed by atoms with Gasteiger partial charge in [-0.3, -0.25) is 4.68 Å². The Bertz CT molecular complexity index is 819. The van der Waals surface area contributed by atoms with Crippen molar-refractivity contribution in [3.8, 4) is 11.3 Å². The van der Waals surface area contributed by atoms with E-state index in [0.29, 0.717) is 36.0 Å². The van der Waals surface area contributed by atoms with E-state index in [0.717, 1.165) is 25.0 Å². The maximum atomic E-state index is 14.7. The zero-order chi connectivity index (χ0) is 18.5. The fourth-order valence-corrected chi connectivity index (χ4v) is 3.83. The van der Waals surface area contributed by atoms with Gasteiger partial charge in [0.2, 0.25) is 0 Å². The Labute approximate surface area is 152 Å². The van der Waals surface area contributed by atoms with Gasteiger partial charge in [0.05, 0.1) is 23.0 Å². The van der Waals surface area contributed by atoms with Crippen molar-refractivity contribution in [3.05, 3.63) is 23.5 Å². The number of nitrogen functional groups attached to an aromatic ring is 1. The first-order valence-electron chi connectivity index (χ1n) is 9.26. The fourth-order valence-electron chi connectivity index (χ4n) is 3.83. The highest BCUT2D eigenvalue weighted by Crippen LogP contribution is 2.39. The summed E-state index contributed by atoms with van der Waals surface area (Å²) in [6, 6.07) is 0.158. The van der Waals surface area contributed by atoms with Crippen LogP contribution in [0.15, 0.2) is 6.20 Å². The Balaban J connectivity index is 1.76. The number of hydrogen-bond donors (Lipinski definition) is 3. The van der Waals surface area contributed by atoms with E-state index in [-0.39, 0.29) is 11.7 Å². The molecule has 0 atom stereocenters. The number of nitrogens with zero attached hydrogens (tertiary/aromatic N) is 4. The van der Waals surface area contributed by atoms with E-state index in [2.05, 4.69) is 15.1 Å². The number of halogens is 1. The minimum absolute atomic E-state index is 0.158. The van der Waals surface area contributed by atoms with Crippen molar-refractivity contribution in [3.63, 3.8) is 0 Å². The van der Waals surface area contributed by atoms with Crippen molar-refractivity contribution >= 4 is 5.82 Å². The lowest BCUT2D eigenvalue weighted by atomic mass is 9.79. The van der Waals surface area contributed by atoms with Gasteiger partial charge in [-0.15, -0.1) is 0 Å². The zero-order valence-electron chi connectivity index (χ0n) is 15.1. The zero-order valence-corrected chi connectivity index (χ0v) is 15.1. The average Bonchev–Trinajstić information content (AvgIpc) is 3.37. The van der Waals surface area contributed by atoms with Crippen molar-refractivity contribution in [2.45, 2.75) is 56.5 Å². The summed E-state index contributed by atoms with van der Waals surface area (Å²) in [7, 11) is 1.84. The Morgan fingerprint density at radius 1 is 1.27 bits per heavy atom. The van der Waals surface area contributed by atoms with E-state index in [4.69, 9.17) is 17.2 Å². The first-order valence-corrected chi connectivity index (χ1v) is 9.26. The van der Waals surface area contributed by atoms with Crippen LogP contribution in [0.25, 0.3) is 11.3 Å². The molecule has 0 amide bonds. The average molecular weight is 359 g/mol. The molecule has 0 aliphatic heterocycles. The first kappa shape index (κ1) is 17.4. The second-order valence-corrected chi connectivity index (χ2v) is 7.86. The molecule has 2 aliphatic carbocycles. The number of nitrogens with two attached hydrogens (primary N) is 3. The van der Waals surface area contributed by atoms with Crippen molar-refractivity contribution in [1.82, 2.24) is 19.7 Å². The van der Waals surface area contributed by atoms with Gasteiger partial charge in [0.15, 0.2) is 11.6 Å². The summed E-state index contributed by atoms with van der Waals surface area (Å²) in [6.45, 7) is 0. The fraction of sp³-hybridized carbons (Fsp3) is 0.611. The van der Waals surface area contributed by atoms with E-state index < -0.39 is 11.4 Å². The third-order valence-corrected chi connectivity index (χ3v) is 5.72. The molecule has 0 spiro atoms. The van der Waals surface area contributed by atoms with E-state index >= 15 is 0 Å². The van der Waals surface area contributed by atoms with Crippen LogP contribution in [0.3, 0.4) is 0 Å². The molecule has 6 N–H and O–H groups in total. The van der Waals surface area contributed by atoms with Crippen LogP contribution in [0.2, 0.25) is 0 Å². The number of hydrogen-bond acceptors (Lipinski definition) is 6. The minimum atomic E-state index is -0.675. The van der Waals surface area contributed by atoms with Crippen LogP contribution in [0, 0.1) is 11.7 Å². The summed E-state index contributed by atoms with van der Waals surface area (Å²) in [4.78, 5) is 8.74. The molecule has 140 valence electrons. The molecule has 0 saturated heterocycles. The molecule has 2 fully saturated rings. The summed E-state index contributed by atoms with van der Waals surface area (Å²) in [5, 5.41) is 4.30. The minimum Gasteiger partial charge on any atom is -0.382 e. The van der Waals surface area contributed by atoms with Crippen molar-refractivity contribution in [2.75, 3.05) is 5.73 Å². The summed E-state index contributed by atoms with van der Waals surface area (Å²) in [5.41, 5.74) is 19.7. The standard InChI is InChI=1S/C18H26FN7/c1-26-13(8-10-2-3-10)14(16(21)25-26)15-12(19)9-23-17(24-15)18(22)6-4-11(20)5-7-18/h9-11H,2-8,20,22H2,1H3,(H2,21,25). The highest BCUT2D eigenvalue weighted by Gasteiger charge is 2.36. The van der Waals surface area contributed by atoms with Crippen molar-refractivity contribution in [2.24, 2.45) is 24.4 Å². The van der Waals surface area contributed by atoms with Gasteiger partial charge in [0.25, 0.3) is 0 Å². The quantitative estimate of drug-likeness (QED) is 0.762. The van der Waals surface area contributed by atoms with Crippen molar-refractivity contribution < 1.29 is 4.39 Å². The summed E-state index contributed by atoms with van der Waals surface area (Å²) >= 11 is 0. The monoisotopic (exact) mass is 359 g/mol. The van der Waals surface area contributed by atoms with E-state index in [1.807, 2.05) is 7.05 Å². The summed E-state index contributed by atoms with van der Waals surface area (Å²) < 4.78 is 16.4. The smallest absolute Gasteiger partial charge is 0.167 e.